The summed E-state index contributed by atoms with van der Waals surface area (Å²) in [6, 6.07) is 10.4. The Labute approximate surface area is 146 Å². The molecule has 0 heterocycles. The molecule has 3 heteroatoms. The second-order valence-corrected chi connectivity index (χ2v) is 12.9. The predicted octanol–water partition coefficient (Wildman–Crippen LogP) is 5.31. The molecule has 2 bridgehead atoms. The van der Waals surface area contributed by atoms with Crippen LogP contribution in [0.1, 0.15) is 31.7 Å². The molecule has 0 amide bonds. The van der Waals surface area contributed by atoms with Gasteiger partial charge in [0.2, 0.25) is 8.32 Å². The second kappa shape index (κ2) is 5.73. The summed E-state index contributed by atoms with van der Waals surface area (Å²) < 4.78 is 6.31. The van der Waals surface area contributed by atoms with Crippen molar-refractivity contribution in [1.29, 1.82) is 0 Å². The zero-order valence-electron chi connectivity index (χ0n) is 15.4. The molecule has 0 aromatic heterocycles. The van der Waals surface area contributed by atoms with Gasteiger partial charge in [0.15, 0.2) is 0 Å². The molecular weight excluding hydrogens is 312 g/mol. The molecule has 0 N–H and O–H groups in total. The molecule has 1 fully saturated rings. The van der Waals surface area contributed by atoms with Gasteiger partial charge in [-0.15, -0.1) is 0 Å². The topological polar surface area (TPSA) is 26.3 Å². The van der Waals surface area contributed by atoms with E-state index in [-0.39, 0.29) is 17.8 Å². The molecule has 0 saturated heterocycles. The van der Waals surface area contributed by atoms with E-state index < -0.39 is 13.7 Å². The molecule has 4 atom stereocenters. The smallest absolute Gasteiger partial charge is 0.241 e. The van der Waals surface area contributed by atoms with Crippen LogP contribution >= 0.6 is 0 Å². The fourth-order valence-corrected chi connectivity index (χ4v) is 5.22. The van der Waals surface area contributed by atoms with Gasteiger partial charge in [0.05, 0.1) is 11.2 Å². The highest BCUT2D eigenvalue weighted by Crippen LogP contribution is 2.58. The van der Waals surface area contributed by atoms with Crippen molar-refractivity contribution in [2.45, 2.75) is 45.8 Å². The number of hydrogen-bond donors (Lipinski definition) is 0. The monoisotopic (exact) mass is 340 g/mol. The van der Waals surface area contributed by atoms with E-state index in [2.05, 4.69) is 58.3 Å². The van der Waals surface area contributed by atoms with Gasteiger partial charge in [-0.2, -0.15) is 0 Å². The number of benzene rings is 1. The van der Waals surface area contributed by atoms with Crippen molar-refractivity contribution in [1.82, 2.24) is 0 Å². The number of rotatable bonds is 3. The van der Waals surface area contributed by atoms with Crippen molar-refractivity contribution < 1.29 is 9.22 Å². The standard InChI is InChI=1S/C21H28O2Si/c1-14-12-17(23-24(4,5)6)13-18-19(16-10-8-7-9-11-16)15(2)21(14,3)20(18)22/h7-12,14,18-19H,2,13H2,1,3-6H3/t14-,18-,19+,21+/m0/s1. The Kier molecular flexibility index (Phi) is 4.11. The lowest BCUT2D eigenvalue weighted by atomic mass is 9.72. The Morgan fingerprint density at radius 1 is 1.21 bits per heavy atom. The number of carbonyl (C=O) groups excluding carboxylic acids is 1. The van der Waals surface area contributed by atoms with Crippen LogP contribution in [0.5, 0.6) is 0 Å². The van der Waals surface area contributed by atoms with Crippen LogP contribution in [0.3, 0.4) is 0 Å². The van der Waals surface area contributed by atoms with Gasteiger partial charge in [-0.3, -0.25) is 4.79 Å². The average Bonchev–Trinajstić information content (AvgIpc) is 2.63. The number of allylic oxidation sites excluding steroid dienone is 3. The van der Waals surface area contributed by atoms with Gasteiger partial charge in [0.1, 0.15) is 5.78 Å². The molecule has 1 aromatic rings. The molecule has 2 nitrogen and oxygen atoms in total. The first-order chi connectivity index (χ1) is 11.1. The Morgan fingerprint density at radius 3 is 2.42 bits per heavy atom. The van der Waals surface area contributed by atoms with Crippen molar-refractivity contribution >= 4 is 14.1 Å². The number of ketones is 1. The third-order valence-corrected chi connectivity index (χ3v) is 6.53. The summed E-state index contributed by atoms with van der Waals surface area (Å²) in [6.45, 7) is 15.2. The van der Waals surface area contributed by atoms with E-state index in [1.165, 1.54) is 5.56 Å². The van der Waals surface area contributed by atoms with Crippen molar-refractivity contribution in [2.24, 2.45) is 17.3 Å². The summed E-state index contributed by atoms with van der Waals surface area (Å²) in [5.74, 6) is 1.50. The van der Waals surface area contributed by atoms with Gasteiger partial charge in [0.25, 0.3) is 0 Å². The van der Waals surface area contributed by atoms with E-state index in [0.29, 0.717) is 12.2 Å². The lowest BCUT2D eigenvalue weighted by Crippen LogP contribution is -2.31. The van der Waals surface area contributed by atoms with Crippen molar-refractivity contribution in [2.75, 3.05) is 0 Å². The van der Waals surface area contributed by atoms with E-state index in [4.69, 9.17) is 4.43 Å². The fourth-order valence-electron chi connectivity index (χ4n) is 4.28. The first-order valence-corrected chi connectivity index (χ1v) is 12.2. The highest BCUT2D eigenvalue weighted by atomic mass is 28.4. The molecule has 24 heavy (non-hydrogen) atoms. The van der Waals surface area contributed by atoms with Crippen LogP contribution in [0.4, 0.5) is 0 Å². The molecule has 1 aromatic carbocycles. The van der Waals surface area contributed by atoms with Crippen molar-refractivity contribution in [3.63, 3.8) is 0 Å². The van der Waals surface area contributed by atoms with Crippen LogP contribution < -0.4 is 0 Å². The molecule has 0 unspecified atom stereocenters. The van der Waals surface area contributed by atoms with Crippen molar-refractivity contribution in [3.8, 4) is 0 Å². The average molecular weight is 341 g/mol. The molecule has 128 valence electrons. The zero-order chi connectivity index (χ0) is 17.7. The van der Waals surface area contributed by atoms with Crippen LogP contribution in [0, 0.1) is 17.3 Å². The van der Waals surface area contributed by atoms with Crippen LogP contribution in [0.15, 0.2) is 54.3 Å². The molecule has 1 saturated carbocycles. The lowest BCUT2D eigenvalue weighted by Gasteiger charge is -2.32. The number of fused-ring (bicyclic) bond motifs is 2. The van der Waals surface area contributed by atoms with Gasteiger partial charge in [-0.25, -0.2) is 0 Å². The normalized spacial score (nSPS) is 33.2. The third kappa shape index (κ3) is 2.69. The molecular formula is C21H28O2Si. The lowest BCUT2D eigenvalue weighted by molar-refractivity contribution is -0.128. The van der Waals surface area contributed by atoms with Crippen LogP contribution in [-0.2, 0) is 9.22 Å². The number of Topliss-reactive ketones (excluding diaryl/α,β-unsaturated/α-hetero) is 1. The number of carbonyl (C=O) groups is 1. The molecule has 3 rings (SSSR count). The van der Waals surface area contributed by atoms with E-state index in [1.54, 1.807) is 0 Å². The SMILES string of the molecule is C=C1[C@H](c2ccccc2)[C@@H]2CC(O[Si](C)(C)C)=C[C@H](C)[C@@]1(C)C2=O. The van der Waals surface area contributed by atoms with E-state index >= 15 is 0 Å². The fraction of sp³-hybridized carbons (Fsp3) is 0.476. The summed E-state index contributed by atoms with van der Waals surface area (Å²) in [5.41, 5.74) is 1.78. The minimum absolute atomic E-state index is 0.0579. The highest BCUT2D eigenvalue weighted by Gasteiger charge is 2.57. The highest BCUT2D eigenvalue weighted by molar-refractivity contribution is 6.70. The zero-order valence-corrected chi connectivity index (χ0v) is 16.4. The molecule has 0 spiro atoms. The van der Waals surface area contributed by atoms with Crippen molar-refractivity contribution in [3.05, 3.63) is 59.9 Å². The van der Waals surface area contributed by atoms with Gasteiger partial charge >= 0.3 is 0 Å². The van der Waals surface area contributed by atoms with Gasteiger partial charge in [-0.05, 0) is 44.1 Å². The van der Waals surface area contributed by atoms with Crippen LogP contribution in [0.2, 0.25) is 19.6 Å². The minimum Gasteiger partial charge on any atom is -0.548 e. The quantitative estimate of drug-likeness (QED) is 0.551. The Morgan fingerprint density at radius 2 is 1.83 bits per heavy atom. The van der Waals surface area contributed by atoms with E-state index in [1.807, 2.05) is 18.2 Å². The van der Waals surface area contributed by atoms with Crippen LogP contribution in [0.25, 0.3) is 0 Å². The second-order valence-electron chi connectivity index (χ2n) is 8.43. The summed E-state index contributed by atoms with van der Waals surface area (Å²) >= 11 is 0. The number of hydrogen-bond acceptors (Lipinski definition) is 2. The molecule has 2 aliphatic rings. The first-order valence-electron chi connectivity index (χ1n) is 8.83. The Bertz CT molecular complexity index is 698. The molecule has 0 aliphatic heterocycles. The maximum absolute atomic E-state index is 13.3. The van der Waals surface area contributed by atoms with E-state index in [9.17, 15) is 4.79 Å². The summed E-state index contributed by atoms with van der Waals surface area (Å²) in [5, 5.41) is 0. The maximum Gasteiger partial charge on any atom is 0.241 e. The maximum atomic E-state index is 13.3. The minimum atomic E-state index is -1.69. The Balaban J connectivity index is 2.06. The van der Waals surface area contributed by atoms with Gasteiger partial charge in [0, 0.05) is 18.3 Å². The summed E-state index contributed by atoms with van der Waals surface area (Å²) in [7, 11) is -1.69. The molecule has 0 radical (unpaired) electrons. The van der Waals surface area contributed by atoms with Gasteiger partial charge in [-0.1, -0.05) is 49.4 Å². The third-order valence-electron chi connectivity index (χ3n) is 5.66. The van der Waals surface area contributed by atoms with Crippen LogP contribution in [-0.4, -0.2) is 14.1 Å². The summed E-state index contributed by atoms with van der Waals surface area (Å²) in [6.07, 6.45) is 2.88. The summed E-state index contributed by atoms with van der Waals surface area (Å²) in [4.78, 5) is 13.3. The molecule has 2 aliphatic carbocycles. The van der Waals surface area contributed by atoms with E-state index in [0.717, 1.165) is 11.3 Å². The largest absolute Gasteiger partial charge is 0.548 e. The first kappa shape index (κ1) is 17.2. The Hall–Kier alpha value is -1.61. The van der Waals surface area contributed by atoms with Gasteiger partial charge < -0.3 is 4.43 Å². The predicted molar refractivity (Wildman–Crippen MR) is 101 cm³/mol.